The number of aryl methyl sites for hydroxylation is 1. The molecule has 0 fully saturated rings. The lowest BCUT2D eigenvalue weighted by Crippen LogP contribution is -2.36. The van der Waals surface area contributed by atoms with E-state index in [-0.39, 0.29) is 24.0 Å². The van der Waals surface area contributed by atoms with Gasteiger partial charge in [-0.15, -0.1) is 24.0 Å². The molecule has 1 heterocycles. The molecule has 7 heteroatoms. The Kier molecular flexibility index (Phi) is 8.34. The van der Waals surface area contributed by atoms with E-state index in [9.17, 15) is 5.11 Å². The highest BCUT2D eigenvalue weighted by Crippen LogP contribution is 2.31. The van der Waals surface area contributed by atoms with Crippen LogP contribution in [0.2, 0.25) is 0 Å². The molecule has 0 saturated carbocycles. The standard InChI is InChI=1S/C24H28N4O2.HI/c1-2-25-24(26-14-19-16-30-23(28-19)18-9-4-3-5-10-18)27-15-21-20-11-7-6-8-17(20)12-13-22(21)29;/h3-5,9-10,12-13,16,29H,2,6-8,11,14-15H2,1H3,(H2,25,26,27);1H. The summed E-state index contributed by atoms with van der Waals surface area (Å²) in [4.78, 5) is 9.26. The van der Waals surface area contributed by atoms with Crippen LogP contribution in [-0.2, 0) is 25.9 Å². The van der Waals surface area contributed by atoms with Crippen molar-refractivity contribution in [3.8, 4) is 17.2 Å². The van der Waals surface area contributed by atoms with Crippen LogP contribution in [0.25, 0.3) is 11.5 Å². The third kappa shape index (κ3) is 5.78. The second-order valence-corrected chi connectivity index (χ2v) is 7.47. The Labute approximate surface area is 200 Å². The number of nitrogens with one attached hydrogen (secondary N) is 2. The smallest absolute Gasteiger partial charge is 0.226 e. The highest BCUT2D eigenvalue weighted by Gasteiger charge is 2.16. The molecule has 3 aromatic rings. The summed E-state index contributed by atoms with van der Waals surface area (Å²) in [6, 6.07) is 13.7. The first-order valence-corrected chi connectivity index (χ1v) is 10.6. The van der Waals surface area contributed by atoms with Crippen molar-refractivity contribution in [2.24, 2.45) is 4.99 Å². The first-order valence-electron chi connectivity index (χ1n) is 10.6. The zero-order valence-corrected chi connectivity index (χ0v) is 20.1. The third-order valence-electron chi connectivity index (χ3n) is 5.38. The van der Waals surface area contributed by atoms with E-state index in [0.29, 0.717) is 30.7 Å². The number of phenols is 1. The maximum absolute atomic E-state index is 10.4. The molecule has 4 rings (SSSR count). The molecular weight excluding hydrogens is 503 g/mol. The summed E-state index contributed by atoms with van der Waals surface area (Å²) in [5.74, 6) is 1.63. The molecule has 3 N–H and O–H groups in total. The number of benzene rings is 2. The third-order valence-corrected chi connectivity index (χ3v) is 5.38. The van der Waals surface area contributed by atoms with E-state index >= 15 is 0 Å². The Morgan fingerprint density at radius 3 is 2.71 bits per heavy atom. The maximum Gasteiger partial charge on any atom is 0.226 e. The minimum absolute atomic E-state index is 0. The molecule has 0 radical (unpaired) electrons. The van der Waals surface area contributed by atoms with Crippen LogP contribution in [0, 0.1) is 0 Å². The quantitative estimate of drug-likeness (QED) is 0.242. The monoisotopic (exact) mass is 532 g/mol. The summed E-state index contributed by atoms with van der Waals surface area (Å²) >= 11 is 0. The molecule has 0 aliphatic heterocycles. The fraction of sp³-hybridized carbons (Fsp3) is 0.333. The molecule has 0 bridgehead atoms. The van der Waals surface area contributed by atoms with Crippen LogP contribution >= 0.6 is 24.0 Å². The van der Waals surface area contributed by atoms with E-state index in [4.69, 9.17) is 9.41 Å². The molecule has 0 spiro atoms. The van der Waals surface area contributed by atoms with E-state index in [2.05, 4.69) is 21.7 Å². The van der Waals surface area contributed by atoms with Crippen molar-refractivity contribution in [2.75, 3.05) is 6.54 Å². The van der Waals surface area contributed by atoms with E-state index in [0.717, 1.165) is 36.2 Å². The molecule has 31 heavy (non-hydrogen) atoms. The fourth-order valence-electron chi connectivity index (χ4n) is 3.84. The topological polar surface area (TPSA) is 82.7 Å². The lowest BCUT2D eigenvalue weighted by molar-refractivity contribution is 0.465. The molecule has 2 aromatic carbocycles. The number of aromatic hydroxyl groups is 1. The Morgan fingerprint density at radius 2 is 1.90 bits per heavy atom. The molecule has 0 amide bonds. The Hall–Kier alpha value is -2.55. The number of rotatable bonds is 6. The predicted octanol–water partition coefficient (Wildman–Crippen LogP) is 4.80. The van der Waals surface area contributed by atoms with E-state index in [1.807, 2.05) is 37.3 Å². The van der Waals surface area contributed by atoms with Crippen LogP contribution in [0.15, 0.2) is 58.1 Å². The normalized spacial score (nSPS) is 13.3. The minimum Gasteiger partial charge on any atom is -0.508 e. The molecule has 1 aliphatic rings. The van der Waals surface area contributed by atoms with Gasteiger partial charge in [-0.3, -0.25) is 0 Å². The van der Waals surface area contributed by atoms with Gasteiger partial charge in [0.1, 0.15) is 12.0 Å². The van der Waals surface area contributed by atoms with Gasteiger partial charge in [-0.05, 0) is 61.9 Å². The number of nitrogens with zero attached hydrogens (tertiary/aromatic N) is 2. The number of hydrogen-bond donors (Lipinski definition) is 3. The number of phenolic OH excluding ortho intramolecular Hbond substituents is 1. The minimum atomic E-state index is 0. The first kappa shape index (κ1) is 23.1. The van der Waals surface area contributed by atoms with E-state index < -0.39 is 0 Å². The number of hydrogen-bond acceptors (Lipinski definition) is 4. The van der Waals surface area contributed by atoms with Crippen LogP contribution in [-0.4, -0.2) is 22.6 Å². The van der Waals surface area contributed by atoms with Crippen molar-refractivity contribution in [3.63, 3.8) is 0 Å². The molecule has 0 atom stereocenters. The fourth-order valence-corrected chi connectivity index (χ4v) is 3.84. The summed E-state index contributed by atoms with van der Waals surface area (Å²) in [6.45, 7) is 3.72. The molecule has 1 aliphatic carbocycles. The average Bonchev–Trinajstić information content (AvgIpc) is 3.26. The van der Waals surface area contributed by atoms with Crippen molar-refractivity contribution in [1.29, 1.82) is 0 Å². The molecular formula is C24H29IN4O2. The van der Waals surface area contributed by atoms with Crippen molar-refractivity contribution < 1.29 is 9.52 Å². The van der Waals surface area contributed by atoms with Crippen molar-refractivity contribution in [2.45, 2.75) is 45.7 Å². The zero-order valence-electron chi connectivity index (χ0n) is 17.7. The van der Waals surface area contributed by atoms with Gasteiger partial charge >= 0.3 is 0 Å². The number of halogens is 1. The SMILES string of the molecule is CCNC(=NCc1c(O)ccc2c1CCCC2)NCc1coc(-c2ccccc2)n1.I. The number of fused-ring (bicyclic) bond motifs is 1. The number of guanidine groups is 1. The van der Waals surface area contributed by atoms with Crippen molar-refractivity contribution in [3.05, 3.63) is 71.1 Å². The number of aromatic nitrogens is 1. The van der Waals surface area contributed by atoms with Gasteiger partial charge in [0.15, 0.2) is 5.96 Å². The van der Waals surface area contributed by atoms with Crippen LogP contribution in [0.1, 0.15) is 42.1 Å². The first-order chi connectivity index (χ1) is 14.7. The van der Waals surface area contributed by atoms with E-state index in [1.165, 1.54) is 24.0 Å². The number of oxazole rings is 1. The van der Waals surface area contributed by atoms with Gasteiger partial charge in [0, 0.05) is 17.7 Å². The van der Waals surface area contributed by atoms with Gasteiger partial charge in [-0.25, -0.2) is 9.98 Å². The summed E-state index contributed by atoms with van der Waals surface area (Å²) in [5.41, 5.74) is 5.31. The van der Waals surface area contributed by atoms with Gasteiger partial charge in [-0.1, -0.05) is 24.3 Å². The van der Waals surface area contributed by atoms with Crippen molar-refractivity contribution in [1.82, 2.24) is 15.6 Å². The number of aliphatic imine (C=N–C) groups is 1. The summed E-state index contributed by atoms with van der Waals surface area (Å²) < 4.78 is 5.61. The molecule has 1 aromatic heterocycles. The van der Waals surface area contributed by atoms with E-state index in [1.54, 1.807) is 12.3 Å². The maximum atomic E-state index is 10.4. The second kappa shape index (κ2) is 11.2. The lowest BCUT2D eigenvalue weighted by Gasteiger charge is -2.20. The summed E-state index contributed by atoms with van der Waals surface area (Å²) in [7, 11) is 0. The lowest BCUT2D eigenvalue weighted by atomic mass is 9.88. The van der Waals surface area contributed by atoms with Crippen LogP contribution in [0.3, 0.4) is 0 Å². The van der Waals surface area contributed by atoms with Gasteiger partial charge in [0.25, 0.3) is 0 Å². The summed E-state index contributed by atoms with van der Waals surface area (Å²) in [5, 5.41) is 17.0. The molecule has 0 unspecified atom stereocenters. The van der Waals surface area contributed by atoms with Crippen molar-refractivity contribution >= 4 is 29.9 Å². The largest absolute Gasteiger partial charge is 0.508 e. The van der Waals surface area contributed by atoms with Gasteiger partial charge < -0.3 is 20.2 Å². The van der Waals surface area contributed by atoms with Crippen LogP contribution in [0.5, 0.6) is 5.75 Å². The molecule has 6 nitrogen and oxygen atoms in total. The zero-order chi connectivity index (χ0) is 20.8. The second-order valence-electron chi connectivity index (χ2n) is 7.47. The van der Waals surface area contributed by atoms with Gasteiger partial charge in [0.05, 0.1) is 18.8 Å². The predicted molar refractivity (Wildman–Crippen MR) is 134 cm³/mol. The average molecular weight is 532 g/mol. The van der Waals surface area contributed by atoms with Crippen LogP contribution < -0.4 is 10.6 Å². The highest BCUT2D eigenvalue weighted by atomic mass is 127. The highest BCUT2D eigenvalue weighted by molar-refractivity contribution is 14.0. The molecule has 0 saturated heterocycles. The van der Waals surface area contributed by atoms with Gasteiger partial charge in [0.2, 0.25) is 5.89 Å². The Balaban J connectivity index is 0.00000272. The Bertz CT molecular complexity index is 1020. The van der Waals surface area contributed by atoms with Crippen LogP contribution in [0.4, 0.5) is 0 Å². The molecule has 164 valence electrons. The Morgan fingerprint density at radius 1 is 1.10 bits per heavy atom. The summed E-state index contributed by atoms with van der Waals surface area (Å²) in [6.07, 6.45) is 6.15. The van der Waals surface area contributed by atoms with Gasteiger partial charge in [-0.2, -0.15) is 0 Å².